The molecular formula is C13H23BrN4O. The maximum atomic E-state index is 5.51. The van der Waals surface area contributed by atoms with Crippen molar-refractivity contribution >= 4 is 27.7 Å². The average molecular weight is 331 g/mol. The van der Waals surface area contributed by atoms with Crippen LogP contribution in [0.5, 0.6) is 0 Å². The lowest BCUT2D eigenvalue weighted by Gasteiger charge is -2.23. The van der Waals surface area contributed by atoms with Gasteiger partial charge >= 0.3 is 0 Å². The van der Waals surface area contributed by atoms with E-state index >= 15 is 0 Å². The molecule has 1 atom stereocenters. The summed E-state index contributed by atoms with van der Waals surface area (Å²) in [5.74, 6) is 1.88. The third kappa shape index (κ3) is 5.32. The molecule has 0 aliphatic rings. The number of nitrogens with one attached hydrogen (secondary N) is 2. The number of hydrogen-bond acceptors (Lipinski definition) is 5. The van der Waals surface area contributed by atoms with Crippen molar-refractivity contribution in [1.29, 1.82) is 0 Å². The Hall–Kier alpha value is -0.880. The van der Waals surface area contributed by atoms with E-state index in [0.29, 0.717) is 18.5 Å². The summed E-state index contributed by atoms with van der Waals surface area (Å²) in [7, 11) is 0. The van der Waals surface area contributed by atoms with Crippen molar-refractivity contribution in [2.24, 2.45) is 5.92 Å². The zero-order chi connectivity index (χ0) is 14.3. The molecule has 1 aromatic rings. The van der Waals surface area contributed by atoms with Crippen LogP contribution in [0.2, 0.25) is 0 Å². The Morgan fingerprint density at radius 3 is 2.68 bits per heavy atom. The predicted molar refractivity (Wildman–Crippen MR) is 82.6 cm³/mol. The minimum atomic E-state index is 0.223. The van der Waals surface area contributed by atoms with Gasteiger partial charge in [-0.1, -0.05) is 13.8 Å². The van der Waals surface area contributed by atoms with E-state index in [-0.39, 0.29) is 6.04 Å². The molecule has 1 aromatic heterocycles. The quantitative estimate of drug-likeness (QED) is 0.766. The molecule has 0 aliphatic carbocycles. The summed E-state index contributed by atoms with van der Waals surface area (Å²) in [5, 5.41) is 6.52. The first kappa shape index (κ1) is 16.2. The molecule has 0 fully saturated rings. The summed E-state index contributed by atoms with van der Waals surface area (Å²) in [4.78, 5) is 8.66. The van der Waals surface area contributed by atoms with Crippen molar-refractivity contribution in [1.82, 2.24) is 9.97 Å². The SMILES string of the molecule is CCNc1ncc(Br)c(NC(COCC)C(C)C)n1. The van der Waals surface area contributed by atoms with Crippen LogP contribution >= 0.6 is 15.9 Å². The summed E-state index contributed by atoms with van der Waals surface area (Å²) in [5.41, 5.74) is 0. The zero-order valence-corrected chi connectivity index (χ0v) is 13.6. The second-order valence-electron chi connectivity index (χ2n) is 4.57. The highest BCUT2D eigenvalue weighted by atomic mass is 79.9. The molecule has 1 unspecified atom stereocenters. The molecule has 0 aromatic carbocycles. The average Bonchev–Trinajstić information content (AvgIpc) is 2.38. The fourth-order valence-electron chi connectivity index (χ4n) is 1.53. The smallest absolute Gasteiger partial charge is 0.224 e. The van der Waals surface area contributed by atoms with Crippen molar-refractivity contribution in [3.63, 3.8) is 0 Å². The Morgan fingerprint density at radius 2 is 2.11 bits per heavy atom. The Balaban J connectivity index is 2.79. The Labute approximate surface area is 123 Å². The number of anilines is 2. The normalized spacial score (nSPS) is 12.5. The fraction of sp³-hybridized carbons (Fsp3) is 0.692. The fourth-order valence-corrected chi connectivity index (χ4v) is 1.84. The Bertz CT molecular complexity index is 387. The summed E-state index contributed by atoms with van der Waals surface area (Å²) in [6, 6.07) is 0.223. The minimum Gasteiger partial charge on any atom is -0.380 e. The number of rotatable bonds is 8. The van der Waals surface area contributed by atoms with Crippen molar-refractivity contribution in [3.8, 4) is 0 Å². The van der Waals surface area contributed by atoms with Crippen LogP contribution in [0, 0.1) is 5.92 Å². The first-order valence-electron chi connectivity index (χ1n) is 6.69. The molecule has 0 saturated heterocycles. The summed E-state index contributed by atoms with van der Waals surface area (Å²) in [6.45, 7) is 10.5. The molecule has 0 spiro atoms. The highest BCUT2D eigenvalue weighted by Gasteiger charge is 2.16. The van der Waals surface area contributed by atoms with Crippen LogP contribution in [-0.2, 0) is 4.74 Å². The lowest BCUT2D eigenvalue weighted by atomic mass is 10.1. The molecule has 1 heterocycles. The number of hydrogen-bond donors (Lipinski definition) is 2. The molecule has 108 valence electrons. The van der Waals surface area contributed by atoms with E-state index in [2.05, 4.69) is 50.4 Å². The molecular weight excluding hydrogens is 308 g/mol. The maximum absolute atomic E-state index is 5.51. The van der Waals surface area contributed by atoms with Crippen LogP contribution in [0.3, 0.4) is 0 Å². The van der Waals surface area contributed by atoms with E-state index < -0.39 is 0 Å². The van der Waals surface area contributed by atoms with Crippen LogP contribution < -0.4 is 10.6 Å². The molecule has 5 nitrogen and oxygen atoms in total. The second kappa shape index (κ2) is 8.32. The third-order valence-corrected chi connectivity index (χ3v) is 3.29. The molecule has 1 rings (SSSR count). The van der Waals surface area contributed by atoms with Gasteiger partial charge < -0.3 is 15.4 Å². The van der Waals surface area contributed by atoms with Crippen molar-refractivity contribution < 1.29 is 4.74 Å². The molecule has 19 heavy (non-hydrogen) atoms. The standard InChI is InChI=1S/C13H23BrN4O/c1-5-15-13-16-7-10(14)12(18-13)17-11(9(3)4)8-19-6-2/h7,9,11H,5-6,8H2,1-4H3,(H2,15,16,17,18). The van der Waals surface area contributed by atoms with Gasteiger partial charge in [0, 0.05) is 19.3 Å². The van der Waals surface area contributed by atoms with E-state index in [1.807, 2.05) is 13.8 Å². The van der Waals surface area contributed by atoms with E-state index in [1.165, 1.54) is 0 Å². The van der Waals surface area contributed by atoms with Crippen LogP contribution in [0.1, 0.15) is 27.7 Å². The first-order chi connectivity index (χ1) is 9.08. The van der Waals surface area contributed by atoms with Crippen LogP contribution in [-0.4, -0.2) is 35.8 Å². The van der Waals surface area contributed by atoms with Gasteiger partial charge in [-0.05, 0) is 35.7 Å². The van der Waals surface area contributed by atoms with Crippen LogP contribution in [0.25, 0.3) is 0 Å². The van der Waals surface area contributed by atoms with Gasteiger partial charge in [0.15, 0.2) is 0 Å². The summed E-state index contributed by atoms with van der Waals surface area (Å²) in [6.07, 6.45) is 1.76. The van der Waals surface area contributed by atoms with E-state index in [4.69, 9.17) is 4.74 Å². The highest BCUT2D eigenvalue weighted by molar-refractivity contribution is 9.10. The van der Waals surface area contributed by atoms with Gasteiger partial charge in [0.2, 0.25) is 5.95 Å². The van der Waals surface area contributed by atoms with Crippen molar-refractivity contribution in [3.05, 3.63) is 10.7 Å². The highest BCUT2D eigenvalue weighted by Crippen LogP contribution is 2.22. The topological polar surface area (TPSA) is 59.1 Å². The van der Waals surface area contributed by atoms with Gasteiger partial charge in [0.1, 0.15) is 5.82 Å². The molecule has 6 heteroatoms. The molecule has 0 aliphatic heterocycles. The van der Waals surface area contributed by atoms with E-state index in [0.717, 1.165) is 23.4 Å². The van der Waals surface area contributed by atoms with Gasteiger partial charge in [-0.25, -0.2) is 4.98 Å². The number of halogens is 1. The number of nitrogens with zero attached hydrogens (tertiary/aromatic N) is 2. The van der Waals surface area contributed by atoms with E-state index in [1.54, 1.807) is 6.20 Å². The van der Waals surface area contributed by atoms with Gasteiger partial charge in [-0.2, -0.15) is 4.98 Å². The van der Waals surface area contributed by atoms with Gasteiger partial charge in [-0.3, -0.25) is 0 Å². The van der Waals surface area contributed by atoms with Crippen LogP contribution in [0.15, 0.2) is 10.7 Å². The largest absolute Gasteiger partial charge is 0.380 e. The predicted octanol–water partition coefficient (Wildman–Crippen LogP) is 3.14. The Morgan fingerprint density at radius 1 is 1.37 bits per heavy atom. The number of aromatic nitrogens is 2. The first-order valence-corrected chi connectivity index (χ1v) is 7.48. The number of ether oxygens (including phenoxy) is 1. The second-order valence-corrected chi connectivity index (χ2v) is 5.43. The molecule has 2 N–H and O–H groups in total. The van der Waals surface area contributed by atoms with Crippen LogP contribution in [0.4, 0.5) is 11.8 Å². The van der Waals surface area contributed by atoms with Crippen molar-refractivity contribution in [2.75, 3.05) is 30.4 Å². The van der Waals surface area contributed by atoms with Gasteiger partial charge in [-0.15, -0.1) is 0 Å². The minimum absolute atomic E-state index is 0.223. The maximum Gasteiger partial charge on any atom is 0.224 e. The van der Waals surface area contributed by atoms with Gasteiger partial charge in [0.05, 0.1) is 17.1 Å². The summed E-state index contributed by atoms with van der Waals surface area (Å²) >= 11 is 3.47. The molecule has 0 radical (unpaired) electrons. The molecule has 0 amide bonds. The summed E-state index contributed by atoms with van der Waals surface area (Å²) < 4.78 is 6.37. The lowest BCUT2D eigenvalue weighted by molar-refractivity contribution is 0.126. The van der Waals surface area contributed by atoms with Gasteiger partial charge in [0.25, 0.3) is 0 Å². The lowest BCUT2D eigenvalue weighted by Crippen LogP contribution is -2.31. The molecule has 0 bridgehead atoms. The molecule has 0 saturated carbocycles. The Kier molecular flexibility index (Phi) is 7.09. The monoisotopic (exact) mass is 330 g/mol. The zero-order valence-electron chi connectivity index (χ0n) is 12.0. The van der Waals surface area contributed by atoms with E-state index in [9.17, 15) is 0 Å². The third-order valence-electron chi connectivity index (χ3n) is 2.71. The van der Waals surface area contributed by atoms with Crippen molar-refractivity contribution in [2.45, 2.75) is 33.7 Å².